The van der Waals surface area contributed by atoms with Crippen LogP contribution in [-0.4, -0.2) is 14.2 Å². The predicted octanol–water partition coefficient (Wildman–Crippen LogP) is 3.54. The van der Waals surface area contributed by atoms with E-state index in [9.17, 15) is 4.79 Å². The number of ether oxygens (including phenoxy) is 2. The molecule has 0 radical (unpaired) electrons. The molecule has 0 fully saturated rings. The van der Waals surface area contributed by atoms with Gasteiger partial charge >= 0.3 is 0 Å². The van der Waals surface area contributed by atoms with Crippen molar-refractivity contribution in [2.75, 3.05) is 20.0 Å². The summed E-state index contributed by atoms with van der Waals surface area (Å²) in [6.07, 6.45) is 0. The smallest absolute Gasteiger partial charge is 0.197 e. The van der Waals surface area contributed by atoms with E-state index in [0.29, 0.717) is 33.2 Å². The Morgan fingerprint density at radius 3 is 2.57 bits per heavy atom. The zero-order valence-corrected chi connectivity index (χ0v) is 13.5. The lowest BCUT2D eigenvalue weighted by atomic mass is 10.2. The summed E-state index contributed by atoms with van der Waals surface area (Å²) in [6.45, 7) is 0. The van der Waals surface area contributed by atoms with Gasteiger partial charge in [-0.2, -0.15) is 0 Å². The van der Waals surface area contributed by atoms with Crippen LogP contribution in [0.4, 0.5) is 5.69 Å². The Kier molecular flexibility index (Phi) is 4.16. The van der Waals surface area contributed by atoms with Crippen LogP contribution in [0.1, 0.15) is 0 Å². The third kappa shape index (κ3) is 2.98. The van der Waals surface area contributed by atoms with Crippen LogP contribution >= 0.6 is 11.8 Å². The van der Waals surface area contributed by atoms with Crippen LogP contribution in [-0.2, 0) is 0 Å². The highest BCUT2D eigenvalue weighted by molar-refractivity contribution is 7.99. The Morgan fingerprint density at radius 2 is 1.87 bits per heavy atom. The molecule has 0 amide bonds. The fraction of sp³-hybridized carbons (Fsp3) is 0.118. The number of fused-ring (bicyclic) bond motifs is 1. The number of benzene rings is 2. The van der Waals surface area contributed by atoms with Gasteiger partial charge in [0.05, 0.1) is 14.2 Å². The maximum atomic E-state index is 12.4. The largest absolute Gasteiger partial charge is 0.496 e. The summed E-state index contributed by atoms with van der Waals surface area (Å²) in [5.74, 6) is 0.975. The first kappa shape index (κ1) is 15.3. The maximum absolute atomic E-state index is 12.4. The molecule has 0 atom stereocenters. The van der Waals surface area contributed by atoms with Crippen LogP contribution in [0.2, 0.25) is 0 Å². The highest BCUT2D eigenvalue weighted by Gasteiger charge is 2.14. The fourth-order valence-corrected chi connectivity index (χ4v) is 3.06. The van der Waals surface area contributed by atoms with Gasteiger partial charge in [0.15, 0.2) is 10.5 Å². The number of para-hydroxylation sites is 1. The van der Waals surface area contributed by atoms with E-state index in [1.165, 1.54) is 24.9 Å². The van der Waals surface area contributed by atoms with Crippen LogP contribution in [0, 0.1) is 0 Å². The second-order valence-corrected chi connectivity index (χ2v) is 5.82. The monoisotopic (exact) mass is 329 g/mol. The van der Waals surface area contributed by atoms with Crippen molar-refractivity contribution < 1.29 is 13.9 Å². The van der Waals surface area contributed by atoms with Gasteiger partial charge in [0.2, 0.25) is 0 Å². The molecule has 2 N–H and O–H groups in total. The van der Waals surface area contributed by atoms with E-state index in [2.05, 4.69) is 0 Å². The Morgan fingerprint density at radius 1 is 1.09 bits per heavy atom. The van der Waals surface area contributed by atoms with Gasteiger partial charge in [-0.1, -0.05) is 12.1 Å². The minimum absolute atomic E-state index is 0.178. The Hall–Kier alpha value is -2.60. The van der Waals surface area contributed by atoms with Crippen molar-refractivity contribution in [1.82, 2.24) is 0 Å². The zero-order valence-electron chi connectivity index (χ0n) is 12.7. The van der Waals surface area contributed by atoms with Crippen LogP contribution in [0.3, 0.4) is 0 Å². The van der Waals surface area contributed by atoms with Crippen molar-refractivity contribution in [2.45, 2.75) is 9.99 Å². The van der Waals surface area contributed by atoms with E-state index in [-0.39, 0.29) is 5.43 Å². The first-order chi connectivity index (χ1) is 11.1. The van der Waals surface area contributed by atoms with Crippen LogP contribution in [0.15, 0.2) is 61.7 Å². The molecule has 6 heteroatoms. The molecule has 23 heavy (non-hydrogen) atoms. The molecule has 0 unspecified atom stereocenters. The molecule has 118 valence electrons. The second kappa shape index (κ2) is 6.26. The summed E-state index contributed by atoms with van der Waals surface area (Å²) in [4.78, 5) is 13.3. The molecule has 0 bridgehead atoms. The van der Waals surface area contributed by atoms with E-state index >= 15 is 0 Å². The summed E-state index contributed by atoms with van der Waals surface area (Å²) in [5.41, 5.74) is 6.79. The van der Waals surface area contributed by atoms with Gasteiger partial charge in [0, 0.05) is 28.8 Å². The average Bonchev–Trinajstić information content (AvgIpc) is 2.55. The number of hydrogen-bond donors (Lipinski definition) is 1. The van der Waals surface area contributed by atoms with Crippen molar-refractivity contribution >= 4 is 28.4 Å². The van der Waals surface area contributed by atoms with Crippen LogP contribution in [0.25, 0.3) is 11.0 Å². The summed E-state index contributed by atoms with van der Waals surface area (Å²) in [6, 6.07) is 12.2. The summed E-state index contributed by atoms with van der Waals surface area (Å²) >= 11 is 1.30. The quantitative estimate of drug-likeness (QED) is 0.738. The molecular weight excluding hydrogens is 314 g/mol. The summed E-state index contributed by atoms with van der Waals surface area (Å²) < 4.78 is 16.3. The van der Waals surface area contributed by atoms with Gasteiger partial charge in [0.1, 0.15) is 22.5 Å². The van der Waals surface area contributed by atoms with E-state index in [0.717, 1.165) is 4.90 Å². The third-order valence-electron chi connectivity index (χ3n) is 3.33. The SMILES string of the molecule is COc1cc(OC)c2c(=O)cc(Sc3ccccc3N)oc2c1. The average molecular weight is 329 g/mol. The van der Waals surface area contributed by atoms with Gasteiger partial charge in [-0.25, -0.2) is 0 Å². The van der Waals surface area contributed by atoms with Crippen LogP contribution < -0.4 is 20.6 Å². The van der Waals surface area contributed by atoms with Gasteiger partial charge in [-0.3, -0.25) is 4.79 Å². The van der Waals surface area contributed by atoms with Crippen molar-refractivity contribution in [1.29, 1.82) is 0 Å². The Bertz CT molecular complexity index is 920. The summed E-state index contributed by atoms with van der Waals surface area (Å²) in [5, 5.41) is 0.842. The molecule has 3 rings (SSSR count). The lowest BCUT2D eigenvalue weighted by Crippen LogP contribution is -2.03. The molecule has 0 saturated heterocycles. The normalized spacial score (nSPS) is 10.7. The van der Waals surface area contributed by atoms with Gasteiger partial charge < -0.3 is 19.6 Å². The van der Waals surface area contributed by atoms with E-state index in [1.807, 2.05) is 18.2 Å². The van der Waals surface area contributed by atoms with Crippen molar-refractivity contribution in [3.63, 3.8) is 0 Å². The number of nitrogen functional groups attached to an aromatic ring is 1. The van der Waals surface area contributed by atoms with Gasteiger partial charge in [-0.15, -0.1) is 0 Å². The molecule has 0 aliphatic carbocycles. The molecule has 3 aromatic rings. The summed E-state index contributed by atoms with van der Waals surface area (Å²) in [7, 11) is 3.04. The molecule has 1 heterocycles. The molecular formula is C17H15NO4S. The number of nitrogens with two attached hydrogens (primary N) is 1. The predicted molar refractivity (Wildman–Crippen MR) is 90.6 cm³/mol. The lowest BCUT2D eigenvalue weighted by Gasteiger charge is -2.09. The molecule has 0 aliphatic heterocycles. The Balaban J connectivity index is 2.14. The van der Waals surface area contributed by atoms with E-state index in [1.54, 1.807) is 25.3 Å². The molecule has 0 spiro atoms. The molecule has 0 saturated carbocycles. The number of methoxy groups -OCH3 is 2. The Labute approximate surface area is 137 Å². The topological polar surface area (TPSA) is 74.7 Å². The van der Waals surface area contributed by atoms with Crippen molar-refractivity contribution in [3.05, 3.63) is 52.7 Å². The number of anilines is 1. The van der Waals surface area contributed by atoms with E-state index in [4.69, 9.17) is 19.6 Å². The zero-order chi connectivity index (χ0) is 16.4. The van der Waals surface area contributed by atoms with E-state index < -0.39 is 0 Å². The minimum Gasteiger partial charge on any atom is -0.496 e. The fourth-order valence-electron chi connectivity index (χ4n) is 2.22. The second-order valence-electron chi connectivity index (χ2n) is 4.77. The molecule has 5 nitrogen and oxygen atoms in total. The maximum Gasteiger partial charge on any atom is 0.197 e. The van der Waals surface area contributed by atoms with Crippen molar-refractivity contribution in [2.24, 2.45) is 0 Å². The first-order valence-electron chi connectivity index (χ1n) is 6.84. The van der Waals surface area contributed by atoms with Gasteiger partial charge in [-0.05, 0) is 23.9 Å². The first-order valence-corrected chi connectivity index (χ1v) is 7.66. The molecule has 1 aromatic heterocycles. The van der Waals surface area contributed by atoms with Crippen LogP contribution in [0.5, 0.6) is 11.5 Å². The highest BCUT2D eigenvalue weighted by Crippen LogP contribution is 2.35. The number of hydrogen-bond acceptors (Lipinski definition) is 6. The number of rotatable bonds is 4. The van der Waals surface area contributed by atoms with Crippen molar-refractivity contribution in [3.8, 4) is 11.5 Å². The minimum atomic E-state index is -0.178. The standard InChI is InChI=1S/C17H15NO4S/c1-20-10-7-13(21-2)17-12(19)9-16(22-14(17)8-10)23-15-6-4-3-5-11(15)18/h3-9H,18H2,1-2H3. The molecule has 2 aromatic carbocycles. The highest BCUT2D eigenvalue weighted by atomic mass is 32.2. The third-order valence-corrected chi connectivity index (χ3v) is 4.32. The lowest BCUT2D eigenvalue weighted by molar-refractivity contribution is 0.394. The van der Waals surface area contributed by atoms with Gasteiger partial charge in [0.25, 0.3) is 0 Å². The molecule has 0 aliphatic rings.